The molecule has 2 heteroatoms. The van der Waals surface area contributed by atoms with E-state index >= 15 is 0 Å². The summed E-state index contributed by atoms with van der Waals surface area (Å²) in [5, 5.41) is 5.09. The van der Waals surface area contributed by atoms with Crippen molar-refractivity contribution in [2.24, 2.45) is 0 Å². The third kappa shape index (κ3) is 3.36. The zero-order chi connectivity index (χ0) is 17.4. The van der Waals surface area contributed by atoms with Crippen LogP contribution in [0.2, 0.25) is 0 Å². The van der Waals surface area contributed by atoms with E-state index in [2.05, 4.69) is 90.4 Å². The van der Waals surface area contributed by atoms with Crippen molar-refractivity contribution in [3.05, 3.63) is 41.7 Å². The fourth-order valence-electron chi connectivity index (χ4n) is 3.03. The zero-order valence-corrected chi connectivity index (χ0v) is 16.1. The van der Waals surface area contributed by atoms with Crippen molar-refractivity contribution < 1.29 is 0 Å². The zero-order valence-electron chi connectivity index (χ0n) is 16.1. The molecule has 0 bridgehead atoms. The molecule has 0 amide bonds. The maximum absolute atomic E-state index is 5.09. The van der Waals surface area contributed by atoms with Crippen molar-refractivity contribution in [3.8, 4) is 11.1 Å². The van der Waals surface area contributed by atoms with Gasteiger partial charge in [-0.05, 0) is 25.8 Å². The minimum atomic E-state index is 0.0177. The van der Waals surface area contributed by atoms with E-state index in [1.54, 1.807) is 0 Å². The first-order valence-corrected chi connectivity index (χ1v) is 8.78. The van der Waals surface area contributed by atoms with Crippen LogP contribution in [-0.2, 0) is 10.8 Å². The van der Waals surface area contributed by atoms with Crippen molar-refractivity contribution >= 4 is 0 Å². The largest absolute Gasteiger partial charge is 0.266 e. The molecule has 0 aliphatic carbocycles. The summed E-state index contributed by atoms with van der Waals surface area (Å²) in [5.74, 6) is 0. The lowest BCUT2D eigenvalue weighted by Gasteiger charge is -2.28. The van der Waals surface area contributed by atoms with Gasteiger partial charge in [-0.3, -0.25) is 4.68 Å². The molecule has 1 heterocycles. The third-order valence-electron chi connectivity index (χ3n) is 4.70. The van der Waals surface area contributed by atoms with Gasteiger partial charge in [0.15, 0.2) is 0 Å². The number of benzene rings is 1. The first-order chi connectivity index (χ1) is 10.6. The monoisotopic (exact) mass is 312 g/mol. The van der Waals surface area contributed by atoms with E-state index in [1.807, 2.05) is 0 Å². The highest BCUT2D eigenvalue weighted by atomic mass is 15.3. The normalized spacial score (nSPS) is 12.9. The summed E-state index contributed by atoms with van der Waals surface area (Å²) >= 11 is 0. The van der Waals surface area contributed by atoms with Crippen LogP contribution in [0.3, 0.4) is 0 Å². The molecule has 2 rings (SSSR count). The van der Waals surface area contributed by atoms with Crippen LogP contribution in [0, 0.1) is 0 Å². The van der Waals surface area contributed by atoms with Crippen LogP contribution in [0.25, 0.3) is 11.1 Å². The Bertz CT molecular complexity index is 655. The maximum Gasteiger partial charge on any atom is 0.0759 e. The molecule has 126 valence electrons. The molecule has 0 N–H and O–H groups in total. The molecule has 0 saturated heterocycles. The molecule has 1 aromatic carbocycles. The Morgan fingerprint density at radius 1 is 1.00 bits per heavy atom. The molecule has 0 spiro atoms. The summed E-state index contributed by atoms with van der Waals surface area (Å²) in [5.41, 5.74) is 5.29. The first kappa shape index (κ1) is 17.8. The molecule has 0 fully saturated rings. The van der Waals surface area contributed by atoms with Crippen LogP contribution in [-0.4, -0.2) is 9.78 Å². The molecule has 0 radical (unpaired) electrons. The lowest BCUT2D eigenvalue weighted by atomic mass is 9.78. The fourth-order valence-corrected chi connectivity index (χ4v) is 3.03. The average Bonchev–Trinajstić information content (AvgIpc) is 2.89. The Morgan fingerprint density at radius 2 is 1.57 bits per heavy atom. The van der Waals surface area contributed by atoms with Crippen molar-refractivity contribution in [2.45, 2.75) is 78.7 Å². The van der Waals surface area contributed by atoms with Gasteiger partial charge in [0, 0.05) is 22.4 Å². The van der Waals surface area contributed by atoms with Gasteiger partial charge >= 0.3 is 0 Å². The smallest absolute Gasteiger partial charge is 0.0759 e. The quantitative estimate of drug-likeness (QED) is 0.665. The molecule has 2 aromatic rings. The second kappa shape index (κ2) is 6.14. The summed E-state index contributed by atoms with van der Waals surface area (Å²) in [6.07, 6.45) is 1.09. The Morgan fingerprint density at radius 3 is 2.00 bits per heavy atom. The molecule has 2 nitrogen and oxygen atoms in total. The summed E-state index contributed by atoms with van der Waals surface area (Å²) < 4.78 is 2.26. The highest BCUT2D eigenvalue weighted by Crippen LogP contribution is 2.42. The Kier molecular flexibility index (Phi) is 4.75. The van der Waals surface area contributed by atoms with Gasteiger partial charge in [-0.1, -0.05) is 71.9 Å². The van der Waals surface area contributed by atoms with Gasteiger partial charge in [0.1, 0.15) is 0 Å². The Balaban J connectivity index is 2.89. The van der Waals surface area contributed by atoms with Crippen molar-refractivity contribution in [1.82, 2.24) is 9.78 Å². The molecule has 0 unspecified atom stereocenters. The van der Waals surface area contributed by atoms with Crippen LogP contribution in [0.5, 0.6) is 0 Å². The fraction of sp³-hybridized carbons (Fsp3) is 0.571. The number of nitrogens with zero attached hydrogens (tertiary/aromatic N) is 2. The SMILES string of the molecule is CCC(C)(C)c1c(-c2ccccc2)c(C(C)(C)C)nn1C(C)C. The van der Waals surface area contributed by atoms with Gasteiger partial charge in [-0.2, -0.15) is 5.10 Å². The molecule has 0 aliphatic rings. The highest BCUT2D eigenvalue weighted by Gasteiger charge is 2.34. The van der Waals surface area contributed by atoms with Crippen LogP contribution in [0.15, 0.2) is 30.3 Å². The standard InChI is InChI=1S/C21H32N2/c1-9-21(7,8)19-17(16-13-11-10-12-14-16)18(20(4,5)6)22-23(19)15(2)3/h10-15H,9H2,1-8H3. The van der Waals surface area contributed by atoms with Crippen LogP contribution < -0.4 is 0 Å². The van der Waals surface area contributed by atoms with E-state index in [0.717, 1.165) is 6.42 Å². The molecule has 0 aliphatic heterocycles. The van der Waals surface area contributed by atoms with E-state index in [9.17, 15) is 0 Å². The lowest BCUT2D eigenvalue weighted by molar-refractivity contribution is 0.410. The molecule has 1 aromatic heterocycles. The first-order valence-electron chi connectivity index (χ1n) is 8.78. The predicted octanol–water partition coefficient (Wildman–Crippen LogP) is 6.12. The molecular weight excluding hydrogens is 280 g/mol. The third-order valence-corrected chi connectivity index (χ3v) is 4.70. The summed E-state index contributed by atoms with van der Waals surface area (Å²) in [6, 6.07) is 11.1. The summed E-state index contributed by atoms with van der Waals surface area (Å²) in [7, 11) is 0. The number of rotatable bonds is 4. The maximum atomic E-state index is 5.09. The molecule has 0 atom stereocenters. The van der Waals surface area contributed by atoms with Gasteiger partial charge in [0.05, 0.1) is 11.4 Å². The van der Waals surface area contributed by atoms with E-state index in [4.69, 9.17) is 5.10 Å². The van der Waals surface area contributed by atoms with Crippen molar-refractivity contribution in [2.75, 3.05) is 0 Å². The molecule has 0 saturated carbocycles. The van der Waals surface area contributed by atoms with Gasteiger partial charge in [-0.15, -0.1) is 0 Å². The second-order valence-corrected chi connectivity index (χ2v) is 8.46. The number of hydrogen-bond donors (Lipinski definition) is 0. The minimum Gasteiger partial charge on any atom is -0.266 e. The van der Waals surface area contributed by atoms with Gasteiger partial charge in [-0.25, -0.2) is 0 Å². The summed E-state index contributed by atoms with van der Waals surface area (Å²) in [6.45, 7) is 18.2. The Labute approximate surface area is 141 Å². The van der Waals surface area contributed by atoms with Crippen molar-refractivity contribution in [1.29, 1.82) is 0 Å². The van der Waals surface area contributed by atoms with E-state index in [0.29, 0.717) is 6.04 Å². The average molecular weight is 313 g/mol. The van der Waals surface area contributed by atoms with E-state index in [-0.39, 0.29) is 10.8 Å². The minimum absolute atomic E-state index is 0.0177. The molecule has 23 heavy (non-hydrogen) atoms. The van der Waals surface area contributed by atoms with Gasteiger partial charge in [0.25, 0.3) is 0 Å². The van der Waals surface area contributed by atoms with E-state index < -0.39 is 0 Å². The summed E-state index contributed by atoms with van der Waals surface area (Å²) in [4.78, 5) is 0. The van der Waals surface area contributed by atoms with Gasteiger partial charge < -0.3 is 0 Å². The lowest BCUT2D eigenvalue weighted by Crippen LogP contribution is -2.23. The van der Waals surface area contributed by atoms with Crippen LogP contribution in [0.4, 0.5) is 0 Å². The van der Waals surface area contributed by atoms with E-state index in [1.165, 1.54) is 22.5 Å². The second-order valence-electron chi connectivity index (χ2n) is 8.46. The predicted molar refractivity (Wildman–Crippen MR) is 100 cm³/mol. The van der Waals surface area contributed by atoms with Crippen molar-refractivity contribution in [3.63, 3.8) is 0 Å². The van der Waals surface area contributed by atoms with Gasteiger partial charge in [0.2, 0.25) is 0 Å². The van der Waals surface area contributed by atoms with Crippen LogP contribution >= 0.6 is 0 Å². The topological polar surface area (TPSA) is 17.8 Å². The Hall–Kier alpha value is -1.57. The number of aromatic nitrogens is 2. The van der Waals surface area contributed by atoms with Crippen LogP contribution in [0.1, 0.15) is 79.2 Å². The number of hydrogen-bond acceptors (Lipinski definition) is 1. The highest BCUT2D eigenvalue weighted by molar-refractivity contribution is 5.71. The molecular formula is C21H32N2.